The van der Waals surface area contributed by atoms with Gasteiger partial charge in [0.2, 0.25) is 0 Å². The first-order valence-electron chi connectivity index (χ1n) is 6.29. The minimum absolute atomic E-state index is 0.201. The van der Waals surface area contributed by atoms with Gasteiger partial charge in [0.15, 0.2) is 0 Å². The number of nitrogens with zero attached hydrogens (tertiary/aromatic N) is 2. The van der Waals surface area contributed by atoms with Gasteiger partial charge in [0.25, 0.3) is 0 Å². The number of aliphatic hydroxyl groups excluding tert-OH is 1. The molecule has 18 heavy (non-hydrogen) atoms. The van der Waals surface area contributed by atoms with Crippen LogP contribution in [0.5, 0.6) is 0 Å². The highest BCUT2D eigenvalue weighted by Crippen LogP contribution is 2.26. The predicted molar refractivity (Wildman–Crippen MR) is 67.9 cm³/mol. The van der Waals surface area contributed by atoms with Gasteiger partial charge in [0.1, 0.15) is 5.82 Å². The van der Waals surface area contributed by atoms with Crippen molar-refractivity contribution in [1.82, 2.24) is 4.98 Å². The van der Waals surface area contributed by atoms with Crippen LogP contribution in [0.3, 0.4) is 0 Å². The second kappa shape index (κ2) is 5.82. The Morgan fingerprint density at radius 2 is 2.39 bits per heavy atom. The van der Waals surface area contributed by atoms with E-state index in [4.69, 9.17) is 10.2 Å². The van der Waals surface area contributed by atoms with Gasteiger partial charge >= 0.3 is 5.97 Å². The van der Waals surface area contributed by atoms with Gasteiger partial charge in [-0.1, -0.05) is 0 Å². The number of rotatable bonds is 5. The molecule has 0 aromatic carbocycles. The molecule has 0 radical (unpaired) electrons. The molecule has 0 amide bonds. The number of carboxylic acids is 1. The van der Waals surface area contributed by atoms with E-state index in [9.17, 15) is 4.79 Å². The minimum Gasteiger partial charge on any atom is -0.478 e. The fourth-order valence-corrected chi connectivity index (χ4v) is 2.47. The van der Waals surface area contributed by atoms with Crippen LogP contribution in [-0.4, -0.2) is 40.4 Å². The van der Waals surface area contributed by atoms with Crippen molar-refractivity contribution in [3.63, 3.8) is 0 Å². The van der Waals surface area contributed by atoms with Crippen molar-refractivity contribution >= 4 is 11.8 Å². The summed E-state index contributed by atoms with van der Waals surface area (Å²) in [6, 6.07) is 3.50. The molecule has 5 heteroatoms. The molecule has 1 aromatic heterocycles. The highest BCUT2D eigenvalue weighted by atomic mass is 16.4. The summed E-state index contributed by atoms with van der Waals surface area (Å²) >= 11 is 0. The molecule has 0 bridgehead atoms. The van der Waals surface area contributed by atoms with Gasteiger partial charge in [-0.15, -0.1) is 0 Å². The number of anilines is 1. The zero-order valence-corrected chi connectivity index (χ0v) is 10.2. The zero-order valence-electron chi connectivity index (χ0n) is 10.2. The van der Waals surface area contributed by atoms with Crippen LogP contribution in [0.2, 0.25) is 0 Å². The number of aromatic carboxylic acids is 1. The highest BCUT2D eigenvalue weighted by molar-refractivity contribution is 5.88. The molecule has 1 aliphatic rings. The second-order valence-corrected chi connectivity index (χ2v) is 4.56. The quantitative estimate of drug-likeness (QED) is 0.828. The third-order valence-electron chi connectivity index (χ3n) is 3.36. The van der Waals surface area contributed by atoms with Gasteiger partial charge in [-0.3, -0.25) is 0 Å². The summed E-state index contributed by atoms with van der Waals surface area (Å²) in [5.74, 6) is -0.194. The Labute approximate surface area is 106 Å². The van der Waals surface area contributed by atoms with E-state index in [2.05, 4.69) is 9.88 Å². The number of pyridine rings is 1. The maximum Gasteiger partial charge on any atom is 0.335 e. The second-order valence-electron chi connectivity index (χ2n) is 4.56. The minimum atomic E-state index is -0.926. The predicted octanol–water partition coefficient (Wildman–Crippen LogP) is 1.52. The van der Waals surface area contributed by atoms with Crippen molar-refractivity contribution in [3.05, 3.63) is 23.9 Å². The molecule has 0 spiro atoms. The van der Waals surface area contributed by atoms with E-state index < -0.39 is 5.97 Å². The summed E-state index contributed by atoms with van der Waals surface area (Å²) in [6.07, 6.45) is 5.42. The summed E-state index contributed by atoms with van der Waals surface area (Å²) < 4.78 is 0. The standard InChI is InChI=1S/C13H18N2O3/c16-8-2-4-11-3-1-7-15(11)12-9-10(13(17)18)5-6-14-12/h5-6,9,11,16H,1-4,7-8H2,(H,17,18). The van der Waals surface area contributed by atoms with E-state index in [0.29, 0.717) is 6.04 Å². The molecule has 1 aromatic rings. The molecule has 1 unspecified atom stereocenters. The third kappa shape index (κ3) is 2.79. The molecule has 5 nitrogen and oxygen atoms in total. The van der Waals surface area contributed by atoms with Crippen LogP contribution in [0.4, 0.5) is 5.82 Å². The van der Waals surface area contributed by atoms with Crippen molar-refractivity contribution in [2.75, 3.05) is 18.1 Å². The Bertz CT molecular complexity index is 422. The SMILES string of the molecule is O=C(O)c1ccnc(N2CCCC2CCCO)c1. The zero-order chi connectivity index (χ0) is 13.0. The molecule has 2 heterocycles. The number of aromatic nitrogens is 1. The van der Waals surface area contributed by atoms with Crippen molar-refractivity contribution < 1.29 is 15.0 Å². The molecular formula is C13H18N2O3. The topological polar surface area (TPSA) is 73.7 Å². The summed E-state index contributed by atoms with van der Waals surface area (Å²) in [5.41, 5.74) is 0.271. The highest BCUT2D eigenvalue weighted by Gasteiger charge is 2.25. The number of aliphatic hydroxyl groups is 1. The molecule has 1 saturated heterocycles. The Morgan fingerprint density at radius 1 is 1.56 bits per heavy atom. The van der Waals surface area contributed by atoms with Gasteiger partial charge in [0, 0.05) is 25.4 Å². The lowest BCUT2D eigenvalue weighted by molar-refractivity contribution is 0.0697. The van der Waals surface area contributed by atoms with Crippen LogP contribution in [0.25, 0.3) is 0 Å². The number of carboxylic acid groups (broad SMARTS) is 1. The van der Waals surface area contributed by atoms with E-state index in [1.807, 2.05) is 0 Å². The molecule has 98 valence electrons. The van der Waals surface area contributed by atoms with Crippen LogP contribution >= 0.6 is 0 Å². The average Bonchev–Trinajstić information content (AvgIpc) is 2.84. The number of hydrogen-bond donors (Lipinski definition) is 2. The molecule has 0 aliphatic carbocycles. The van der Waals surface area contributed by atoms with Crippen molar-refractivity contribution in [3.8, 4) is 0 Å². The number of hydrogen-bond acceptors (Lipinski definition) is 4. The molecular weight excluding hydrogens is 232 g/mol. The molecule has 1 fully saturated rings. The largest absolute Gasteiger partial charge is 0.478 e. The fourth-order valence-electron chi connectivity index (χ4n) is 2.47. The lowest BCUT2D eigenvalue weighted by atomic mass is 10.1. The Balaban J connectivity index is 2.14. The van der Waals surface area contributed by atoms with Gasteiger partial charge < -0.3 is 15.1 Å². The first-order valence-corrected chi connectivity index (χ1v) is 6.29. The van der Waals surface area contributed by atoms with Gasteiger partial charge in [-0.2, -0.15) is 0 Å². The van der Waals surface area contributed by atoms with Gasteiger partial charge in [-0.05, 0) is 37.8 Å². The van der Waals surface area contributed by atoms with E-state index >= 15 is 0 Å². The fraction of sp³-hybridized carbons (Fsp3) is 0.538. The average molecular weight is 250 g/mol. The smallest absolute Gasteiger partial charge is 0.335 e. The van der Waals surface area contributed by atoms with E-state index in [1.54, 1.807) is 12.3 Å². The van der Waals surface area contributed by atoms with Crippen LogP contribution in [0.15, 0.2) is 18.3 Å². The Hall–Kier alpha value is -1.62. The van der Waals surface area contributed by atoms with Gasteiger partial charge in [0.05, 0.1) is 5.56 Å². The Morgan fingerprint density at radius 3 is 3.11 bits per heavy atom. The van der Waals surface area contributed by atoms with Crippen LogP contribution in [0.1, 0.15) is 36.0 Å². The summed E-state index contributed by atoms with van der Waals surface area (Å²) in [6.45, 7) is 1.11. The van der Waals surface area contributed by atoms with Crippen molar-refractivity contribution in [2.24, 2.45) is 0 Å². The van der Waals surface area contributed by atoms with Crippen LogP contribution < -0.4 is 4.90 Å². The van der Waals surface area contributed by atoms with E-state index in [1.165, 1.54) is 6.07 Å². The van der Waals surface area contributed by atoms with Crippen molar-refractivity contribution in [1.29, 1.82) is 0 Å². The van der Waals surface area contributed by atoms with Crippen LogP contribution in [0, 0.1) is 0 Å². The molecule has 2 N–H and O–H groups in total. The van der Waals surface area contributed by atoms with Crippen molar-refractivity contribution in [2.45, 2.75) is 31.7 Å². The lowest BCUT2D eigenvalue weighted by Crippen LogP contribution is -2.30. The first-order chi connectivity index (χ1) is 8.72. The normalized spacial score (nSPS) is 19.2. The third-order valence-corrected chi connectivity index (χ3v) is 3.36. The van der Waals surface area contributed by atoms with E-state index in [0.717, 1.165) is 38.0 Å². The van der Waals surface area contributed by atoms with E-state index in [-0.39, 0.29) is 12.2 Å². The molecule has 2 rings (SSSR count). The van der Waals surface area contributed by atoms with Crippen LogP contribution in [-0.2, 0) is 0 Å². The lowest BCUT2D eigenvalue weighted by Gasteiger charge is -2.25. The maximum absolute atomic E-state index is 10.9. The monoisotopic (exact) mass is 250 g/mol. The molecule has 1 aliphatic heterocycles. The summed E-state index contributed by atoms with van der Waals surface area (Å²) in [7, 11) is 0. The summed E-state index contributed by atoms with van der Waals surface area (Å²) in [4.78, 5) is 17.4. The molecule has 0 saturated carbocycles. The summed E-state index contributed by atoms with van der Waals surface area (Å²) in [5, 5.41) is 17.9. The molecule has 1 atom stereocenters. The Kier molecular flexibility index (Phi) is 4.15. The number of carbonyl (C=O) groups is 1. The van der Waals surface area contributed by atoms with Gasteiger partial charge in [-0.25, -0.2) is 9.78 Å². The first kappa shape index (κ1) is 12.8. The maximum atomic E-state index is 10.9.